The number of halogens is 1. The molecule has 0 aliphatic rings. The van der Waals surface area contributed by atoms with E-state index in [9.17, 15) is 13.2 Å². The second kappa shape index (κ2) is 7.99. The van der Waals surface area contributed by atoms with Crippen molar-refractivity contribution in [1.82, 2.24) is 0 Å². The van der Waals surface area contributed by atoms with Crippen molar-refractivity contribution in [2.45, 2.75) is 22.6 Å². The van der Waals surface area contributed by atoms with Gasteiger partial charge in [0.2, 0.25) is 9.84 Å². The van der Waals surface area contributed by atoms with Crippen LogP contribution in [0.1, 0.15) is 12.0 Å². The lowest BCUT2D eigenvalue weighted by Crippen LogP contribution is -2.09. The zero-order chi connectivity index (χ0) is 16.2. The number of anilines is 1. The second-order valence-corrected chi connectivity index (χ2v) is 6.64. The molecule has 0 unspecified atom stereocenters. The number of aryl methyl sites for hydroxylation is 1. The van der Waals surface area contributed by atoms with Gasteiger partial charge in [0.15, 0.2) is 0 Å². The molecule has 2 aromatic rings. The molecule has 0 aliphatic heterocycles. The summed E-state index contributed by atoms with van der Waals surface area (Å²) in [5.41, 5.74) is 6.79. The largest absolute Gasteiger partial charge is 0.469 e. The van der Waals surface area contributed by atoms with Crippen LogP contribution in [0.15, 0.2) is 58.3 Å². The van der Waals surface area contributed by atoms with Gasteiger partial charge in [-0.3, -0.25) is 4.79 Å². The number of esters is 1. The number of carbonyl (C=O) groups excluding carboxylic acids is 1. The van der Waals surface area contributed by atoms with Crippen LogP contribution in [0, 0.1) is 0 Å². The maximum Gasteiger partial charge on any atom is 0.305 e. The average molecular weight is 356 g/mol. The van der Waals surface area contributed by atoms with Gasteiger partial charge in [0.05, 0.1) is 22.6 Å². The number of sulfone groups is 1. The molecule has 0 bridgehead atoms. The summed E-state index contributed by atoms with van der Waals surface area (Å²) in [4.78, 5) is 11.5. The van der Waals surface area contributed by atoms with Crippen LogP contribution in [-0.2, 0) is 25.8 Å². The van der Waals surface area contributed by atoms with Crippen molar-refractivity contribution in [2.75, 3.05) is 12.8 Å². The molecule has 2 N–H and O–H groups in total. The Morgan fingerprint density at radius 3 is 2.35 bits per heavy atom. The zero-order valence-electron chi connectivity index (χ0n) is 12.6. The molecular weight excluding hydrogens is 338 g/mol. The van der Waals surface area contributed by atoms with Gasteiger partial charge >= 0.3 is 5.97 Å². The number of carbonyl (C=O) groups is 1. The Labute approximate surface area is 141 Å². The molecule has 5 nitrogen and oxygen atoms in total. The van der Waals surface area contributed by atoms with E-state index in [4.69, 9.17) is 5.73 Å². The van der Waals surface area contributed by atoms with Crippen molar-refractivity contribution in [1.29, 1.82) is 0 Å². The van der Waals surface area contributed by atoms with E-state index in [-0.39, 0.29) is 40.3 Å². The highest BCUT2D eigenvalue weighted by molar-refractivity contribution is 7.91. The number of ether oxygens (including phenoxy) is 1. The van der Waals surface area contributed by atoms with Crippen molar-refractivity contribution >= 4 is 33.9 Å². The fourth-order valence-corrected chi connectivity index (χ4v) is 3.55. The van der Waals surface area contributed by atoms with Crippen LogP contribution in [0.3, 0.4) is 0 Å². The van der Waals surface area contributed by atoms with E-state index in [1.165, 1.54) is 25.3 Å². The first-order chi connectivity index (χ1) is 10.5. The normalized spacial score (nSPS) is 10.7. The van der Waals surface area contributed by atoms with Gasteiger partial charge in [-0.2, -0.15) is 0 Å². The van der Waals surface area contributed by atoms with Crippen molar-refractivity contribution in [3.05, 3.63) is 54.1 Å². The topological polar surface area (TPSA) is 86.5 Å². The van der Waals surface area contributed by atoms with E-state index in [2.05, 4.69) is 4.74 Å². The van der Waals surface area contributed by atoms with Gasteiger partial charge in [-0.1, -0.05) is 30.3 Å². The molecule has 7 heteroatoms. The number of methoxy groups -OCH3 is 1. The summed E-state index contributed by atoms with van der Waals surface area (Å²) in [5.74, 6) is -0.365. The van der Waals surface area contributed by atoms with Gasteiger partial charge in [0.25, 0.3) is 0 Å². The zero-order valence-corrected chi connectivity index (χ0v) is 14.2. The van der Waals surface area contributed by atoms with E-state index >= 15 is 0 Å². The first-order valence-corrected chi connectivity index (χ1v) is 8.19. The lowest BCUT2D eigenvalue weighted by atomic mass is 10.1. The molecule has 0 radical (unpaired) electrons. The molecule has 0 aliphatic carbocycles. The number of rotatable bonds is 5. The number of hydrogen-bond donors (Lipinski definition) is 1. The second-order valence-electron chi connectivity index (χ2n) is 4.72. The third kappa shape index (κ3) is 4.24. The first kappa shape index (κ1) is 19.0. The summed E-state index contributed by atoms with van der Waals surface area (Å²) in [7, 11) is -2.37. The Morgan fingerprint density at radius 1 is 1.09 bits per heavy atom. The number of para-hydroxylation sites is 1. The van der Waals surface area contributed by atoms with Crippen LogP contribution in [0.25, 0.3) is 0 Å². The predicted octanol–water partition coefficient (Wildman–Crippen LogP) is 2.63. The van der Waals surface area contributed by atoms with Crippen LogP contribution < -0.4 is 5.73 Å². The van der Waals surface area contributed by atoms with Crippen molar-refractivity contribution in [2.24, 2.45) is 0 Å². The van der Waals surface area contributed by atoms with Crippen molar-refractivity contribution in [3.8, 4) is 0 Å². The fourth-order valence-electron chi connectivity index (χ4n) is 2.11. The highest BCUT2D eigenvalue weighted by atomic mass is 35.5. The van der Waals surface area contributed by atoms with E-state index in [0.717, 1.165) is 0 Å². The molecular formula is C16H18ClNO4S. The molecule has 0 saturated heterocycles. The molecule has 0 heterocycles. The van der Waals surface area contributed by atoms with E-state index in [1.807, 2.05) is 0 Å². The summed E-state index contributed by atoms with van der Waals surface area (Å²) in [6.07, 6.45) is 0.478. The van der Waals surface area contributed by atoms with Crippen molar-refractivity contribution in [3.63, 3.8) is 0 Å². The standard InChI is InChI=1S/C16H17NO4S.ClH/c1-21-15(18)11-10-12-6-5-9-14(16(12)17)22(19,20)13-7-3-2-4-8-13;/h2-9H,10-11,17H2,1H3;1H. The van der Waals surface area contributed by atoms with Gasteiger partial charge in [0.1, 0.15) is 0 Å². The summed E-state index contributed by atoms with van der Waals surface area (Å²) < 4.78 is 29.8. The van der Waals surface area contributed by atoms with Gasteiger partial charge in [0, 0.05) is 6.42 Å². The highest BCUT2D eigenvalue weighted by Crippen LogP contribution is 2.28. The Bertz CT molecular complexity index is 776. The van der Waals surface area contributed by atoms with Gasteiger partial charge in [-0.25, -0.2) is 8.42 Å². The molecule has 0 aromatic heterocycles. The number of nitrogen functional groups attached to an aromatic ring is 1. The average Bonchev–Trinajstić information content (AvgIpc) is 2.54. The molecule has 124 valence electrons. The van der Waals surface area contributed by atoms with Gasteiger partial charge < -0.3 is 10.5 Å². The smallest absolute Gasteiger partial charge is 0.305 e. The molecule has 0 atom stereocenters. The SMILES string of the molecule is COC(=O)CCc1cccc(S(=O)(=O)c2ccccc2)c1N.Cl. The molecule has 0 spiro atoms. The van der Waals surface area contributed by atoms with Crippen LogP contribution in [0.2, 0.25) is 0 Å². The number of benzene rings is 2. The third-order valence-corrected chi connectivity index (χ3v) is 5.15. The summed E-state index contributed by atoms with van der Waals surface area (Å²) >= 11 is 0. The Morgan fingerprint density at radius 2 is 1.74 bits per heavy atom. The van der Waals surface area contributed by atoms with Crippen LogP contribution in [0.4, 0.5) is 5.69 Å². The predicted molar refractivity (Wildman–Crippen MR) is 90.3 cm³/mol. The highest BCUT2D eigenvalue weighted by Gasteiger charge is 2.21. The van der Waals surface area contributed by atoms with E-state index in [1.54, 1.807) is 30.3 Å². The number of nitrogens with two attached hydrogens (primary N) is 1. The Kier molecular flexibility index (Phi) is 6.60. The number of hydrogen-bond acceptors (Lipinski definition) is 5. The minimum Gasteiger partial charge on any atom is -0.469 e. The molecule has 2 aromatic carbocycles. The maximum absolute atomic E-state index is 12.6. The monoisotopic (exact) mass is 355 g/mol. The van der Waals surface area contributed by atoms with E-state index in [0.29, 0.717) is 12.0 Å². The van der Waals surface area contributed by atoms with Gasteiger partial charge in [-0.05, 0) is 30.2 Å². The van der Waals surface area contributed by atoms with Crippen LogP contribution in [0.5, 0.6) is 0 Å². The Hall–Kier alpha value is -2.05. The lowest BCUT2D eigenvalue weighted by molar-refractivity contribution is -0.140. The lowest BCUT2D eigenvalue weighted by Gasteiger charge is -2.11. The van der Waals surface area contributed by atoms with Gasteiger partial charge in [-0.15, -0.1) is 12.4 Å². The molecule has 2 rings (SSSR count). The molecule has 0 fully saturated rings. The van der Waals surface area contributed by atoms with Crippen LogP contribution in [-0.4, -0.2) is 21.5 Å². The maximum atomic E-state index is 12.6. The molecule has 0 saturated carbocycles. The third-order valence-electron chi connectivity index (χ3n) is 3.33. The van der Waals surface area contributed by atoms with Crippen molar-refractivity contribution < 1.29 is 17.9 Å². The molecule has 23 heavy (non-hydrogen) atoms. The molecule has 0 amide bonds. The fraction of sp³-hybridized carbons (Fsp3) is 0.188. The minimum atomic E-state index is -3.68. The first-order valence-electron chi connectivity index (χ1n) is 6.71. The van der Waals surface area contributed by atoms with E-state index < -0.39 is 9.84 Å². The Balaban J connectivity index is 0.00000264. The summed E-state index contributed by atoms with van der Waals surface area (Å²) in [6, 6.07) is 12.9. The summed E-state index contributed by atoms with van der Waals surface area (Å²) in [6.45, 7) is 0. The minimum absolute atomic E-state index is 0. The van der Waals surface area contributed by atoms with Crippen LogP contribution >= 0.6 is 12.4 Å². The summed E-state index contributed by atoms with van der Waals surface area (Å²) in [5, 5.41) is 0. The quantitative estimate of drug-likeness (QED) is 0.658.